The number of rotatable bonds is 3. The van der Waals surface area contributed by atoms with Gasteiger partial charge in [-0.05, 0) is 29.8 Å². The highest BCUT2D eigenvalue weighted by atomic mass is 35.5. The normalized spacial score (nSPS) is 12.7. The first-order valence-electron chi connectivity index (χ1n) is 4.79. The Morgan fingerprint density at radius 2 is 1.93 bits per heavy atom. The Balaban J connectivity index is 2.08. The van der Waals surface area contributed by atoms with Gasteiger partial charge < -0.3 is 10.2 Å². The highest BCUT2D eigenvalue weighted by molar-refractivity contribution is 6.30. The molecular weight excluding hydrogens is 210 g/mol. The molecule has 1 heterocycles. The molecule has 0 fully saturated rings. The lowest BCUT2D eigenvalue weighted by Crippen LogP contribution is -2.12. The lowest BCUT2D eigenvalue weighted by atomic mass is 10.0. The smallest absolute Gasteiger partial charge is 0.105 e. The van der Waals surface area contributed by atoms with Crippen molar-refractivity contribution >= 4 is 11.6 Å². The Kier molecular flexibility index (Phi) is 3.09. The minimum atomic E-state index is -0.0478. The van der Waals surface area contributed by atoms with Crippen LogP contribution < -0.4 is 5.73 Å². The van der Waals surface area contributed by atoms with E-state index in [2.05, 4.69) is 0 Å². The number of hydrogen-bond donors (Lipinski definition) is 1. The maximum Gasteiger partial charge on any atom is 0.105 e. The Morgan fingerprint density at radius 3 is 2.53 bits per heavy atom. The van der Waals surface area contributed by atoms with E-state index in [0.717, 1.165) is 16.3 Å². The van der Waals surface area contributed by atoms with Crippen LogP contribution in [-0.4, -0.2) is 0 Å². The number of hydrogen-bond acceptors (Lipinski definition) is 2. The van der Waals surface area contributed by atoms with Gasteiger partial charge in [0.15, 0.2) is 0 Å². The third kappa shape index (κ3) is 2.61. The summed E-state index contributed by atoms with van der Waals surface area (Å²) in [6.45, 7) is 0. The Morgan fingerprint density at radius 1 is 1.20 bits per heavy atom. The van der Waals surface area contributed by atoms with Gasteiger partial charge in [0.25, 0.3) is 0 Å². The van der Waals surface area contributed by atoms with E-state index in [1.54, 1.807) is 6.26 Å². The summed E-state index contributed by atoms with van der Waals surface area (Å²) in [6.07, 6.45) is 2.36. The largest absolute Gasteiger partial charge is 0.469 e. The van der Waals surface area contributed by atoms with Crippen LogP contribution in [0.25, 0.3) is 0 Å². The second-order valence-electron chi connectivity index (χ2n) is 3.44. The fourth-order valence-electron chi connectivity index (χ4n) is 1.47. The van der Waals surface area contributed by atoms with E-state index < -0.39 is 0 Å². The van der Waals surface area contributed by atoms with Crippen LogP contribution in [0.5, 0.6) is 0 Å². The van der Waals surface area contributed by atoms with Crippen LogP contribution in [0.3, 0.4) is 0 Å². The van der Waals surface area contributed by atoms with Gasteiger partial charge in [0.2, 0.25) is 0 Å². The van der Waals surface area contributed by atoms with Crippen molar-refractivity contribution < 1.29 is 4.42 Å². The number of halogens is 1. The average Bonchev–Trinajstić information content (AvgIpc) is 2.71. The van der Waals surface area contributed by atoms with Gasteiger partial charge in [-0.2, -0.15) is 0 Å². The van der Waals surface area contributed by atoms with Crippen LogP contribution in [0.1, 0.15) is 17.4 Å². The first-order chi connectivity index (χ1) is 7.25. The molecule has 1 aromatic carbocycles. The second kappa shape index (κ2) is 4.51. The summed E-state index contributed by atoms with van der Waals surface area (Å²) in [6, 6.07) is 11.3. The van der Waals surface area contributed by atoms with Crippen molar-refractivity contribution in [2.75, 3.05) is 0 Å². The molecule has 15 heavy (non-hydrogen) atoms. The summed E-state index contributed by atoms with van der Waals surface area (Å²) in [5.41, 5.74) is 7.10. The van der Waals surface area contributed by atoms with Gasteiger partial charge in [-0.1, -0.05) is 23.7 Å². The van der Waals surface area contributed by atoms with E-state index in [1.165, 1.54) is 0 Å². The topological polar surface area (TPSA) is 39.2 Å². The molecule has 2 nitrogen and oxygen atoms in total. The number of benzene rings is 1. The van der Waals surface area contributed by atoms with Gasteiger partial charge in [0.05, 0.1) is 6.26 Å². The highest BCUT2D eigenvalue weighted by Gasteiger charge is 2.08. The zero-order chi connectivity index (χ0) is 10.7. The molecule has 2 rings (SSSR count). The Labute approximate surface area is 93.7 Å². The summed E-state index contributed by atoms with van der Waals surface area (Å²) in [7, 11) is 0. The van der Waals surface area contributed by atoms with Crippen molar-refractivity contribution in [2.45, 2.75) is 12.5 Å². The molecule has 1 aromatic heterocycles. The fraction of sp³-hybridized carbons (Fsp3) is 0.167. The molecule has 0 aliphatic heterocycles. The van der Waals surface area contributed by atoms with Crippen molar-refractivity contribution in [1.82, 2.24) is 0 Å². The maximum atomic E-state index is 6.03. The van der Waals surface area contributed by atoms with Crippen LogP contribution in [0.4, 0.5) is 0 Å². The van der Waals surface area contributed by atoms with E-state index in [-0.39, 0.29) is 6.04 Å². The molecule has 0 bridgehead atoms. The molecule has 0 spiro atoms. The first-order valence-corrected chi connectivity index (χ1v) is 5.17. The van der Waals surface area contributed by atoms with Crippen LogP contribution in [-0.2, 0) is 6.42 Å². The predicted octanol–water partition coefficient (Wildman–Crippen LogP) is 3.18. The van der Waals surface area contributed by atoms with Crippen LogP contribution in [0.15, 0.2) is 47.1 Å². The first kappa shape index (κ1) is 10.3. The van der Waals surface area contributed by atoms with E-state index >= 15 is 0 Å². The van der Waals surface area contributed by atoms with E-state index in [4.69, 9.17) is 21.8 Å². The Bertz CT molecular complexity index is 408. The molecule has 0 aliphatic rings. The van der Waals surface area contributed by atoms with E-state index in [9.17, 15) is 0 Å². The number of furan rings is 1. The monoisotopic (exact) mass is 221 g/mol. The molecule has 0 saturated carbocycles. The van der Waals surface area contributed by atoms with Crippen LogP contribution in [0, 0.1) is 0 Å². The summed E-state index contributed by atoms with van der Waals surface area (Å²) in [5, 5.41) is 0.726. The molecule has 0 aliphatic carbocycles. The standard InChI is InChI=1S/C12H12ClNO/c13-10-5-3-9(4-6-10)12(14)8-11-2-1-7-15-11/h1-7,12H,8,14H2. The molecule has 3 heteroatoms. The summed E-state index contributed by atoms with van der Waals surface area (Å²) in [5.74, 6) is 0.900. The van der Waals surface area contributed by atoms with Crippen molar-refractivity contribution in [3.05, 3.63) is 59.0 Å². The van der Waals surface area contributed by atoms with Crippen LogP contribution in [0.2, 0.25) is 5.02 Å². The van der Waals surface area contributed by atoms with Crippen molar-refractivity contribution in [3.63, 3.8) is 0 Å². The van der Waals surface area contributed by atoms with Crippen LogP contribution >= 0.6 is 11.6 Å². The molecule has 1 atom stereocenters. The summed E-state index contributed by atoms with van der Waals surface area (Å²) in [4.78, 5) is 0. The number of nitrogens with two attached hydrogens (primary N) is 1. The highest BCUT2D eigenvalue weighted by Crippen LogP contribution is 2.18. The molecule has 2 aromatic rings. The summed E-state index contributed by atoms with van der Waals surface area (Å²) < 4.78 is 5.24. The van der Waals surface area contributed by atoms with Crippen molar-refractivity contribution in [1.29, 1.82) is 0 Å². The SMILES string of the molecule is NC(Cc1ccco1)c1ccc(Cl)cc1. The lowest BCUT2D eigenvalue weighted by molar-refractivity contribution is 0.488. The zero-order valence-corrected chi connectivity index (χ0v) is 8.95. The van der Waals surface area contributed by atoms with Crippen molar-refractivity contribution in [3.8, 4) is 0 Å². The Hall–Kier alpha value is -1.25. The average molecular weight is 222 g/mol. The second-order valence-corrected chi connectivity index (χ2v) is 3.88. The van der Waals surface area contributed by atoms with Gasteiger partial charge in [-0.25, -0.2) is 0 Å². The van der Waals surface area contributed by atoms with Crippen molar-refractivity contribution in [2.24, 2.45) is 5.73 Å². The van der Waals surface area contributed by atoms with E-state index in [1.807, 2.05) is 36.4 Å². The van der Waals surface area contributed by atoms with Gasteiger partial charge in [0.1, 0.15) is 5.76 Å². The molecule has 0 amide bonds. The molecule has 1 unspecified atom stereocenters. The van der Waals surface area contributed by atoms with Gasteiger partial charge in [0, 0.05) is 17.5 Å². The predicted molar refractivity (Wildman–Crippen MR) is 60.8 cm³/mol. The quantitative estimate of drug-likeness (QED) is 0.865. The summed E-state index contributed by atoms with van der Waals surface area (Å²) >= 11 is 5.80. The van der Waals surface area contributed by atoms with Gasteiger partial charge >= 0.3 is 0 Å². The lowest BCUT2D eigenvalue weighted by Gasteiger charge is -2.10. The molecule has 2 N–H and O–H groups in total. The fourth-order valence-corrected chi connectivity index (χ4v) is 1.60. The minimum absolute atomic E-state index is 0.0478. The van der Waals surface area contributed by atoms with E-state index in [0.29, 0.717) is 6.42 Å². The minimum Gasteiger partial charge on any atom is -0.469 e. The molecule has 0 saturated heterocycles. The third-order valence-corrected chi connectivity index (χ3v) is 2.55. The zero-order valence-electron chi connectivity index (χ0n) is 8.19. The van der Waals surface area contributed by atoms with Gasteiger partial charge in [-0.15, -0.1) is 0 Å². The maximum absolute atomic E-state index is 6.03. The van der Waals surface area contributed by atoms with Gasteiger partial charge in [-0.3, -0.25) is 0 Å². The molecule has 78 valence electrons. The molecule has 0 radical (unpaired) electrons. The molecular formula is C12H12ClNO. The third-order valence-electron chi connectivity index (χ3n) is 2.30.